The van der Waals surface area contributed by atoms with Crippen molar-refractivity contribution in [2.75, 3.05) is 6.54 Å². The molecule has 5 heteroatoms. The van der Waals surface area contributed by atoms with Gasteiger partial charge in [0, 0.05) is 28.1 Å². The molecule has 0 spiro atoms. The zero-order valence-corrected chi connectivity index (χ0v) is 16.8. The summed E-state index contributed by atoms with van der Waals surface area (Å²) in [5.41, 5.74) is 8.14. The molecule has 0 fully saturated rings. The molecule has 29 heavy (non-hydrogen) atoms. The van der Waals surface area contributed by atoms with E-state index in [1.165, 1.54) is 16.7 Å². The second-order valence-electron chi connectivity index (χ2n) is 7.32. The highest BCUT2D eigenvalue weighted by molar-refractivity contribution is 6.30. The van der Waals surface area contributed by atoms with Gasteiger partial charge in [0.25, 0.3) is 5.91 Å². The minimum Gasteiger partial charge on any atom is -0.327 e. The van der Waals surface area contributed by atoms with Crippen molar-refractivity contribution in [2.24, 2.45) is 5.10 Å². The Kier molecular flexibility index (Phi) is 6.03. The van der Waals surface area contributed by atoms with Crippen molar-refractivity contribution in [2.45, 2.75) is 19.5 Å². The minimum absolute atomic E-state index is 0.228. The Morgan fingerprint density at radius 3 is 2.62 bits per heavy atom. The van der Waals surface area contributed by atoms with E-state index in [-0.39, 0.29) is 5.91 Å². The average molecular weight is 405 g/mol. The van der Waals surface area contributed by atoms with Crippen molar-refractivity contribution >= 4 is 23.7 Å². The van der Waals surface area contributed by atoms with E-state index in [4.69, 9.17) is 11.6 Å². The normalized spacial score (nSPS) is 15.8. The number of benzene rings is 3. The first-order valence-electron chi connectivity index (χ1n) is 9.75. The van der Waals surface area contributed by atoms with Crippen LogP contribution in [0, 0.1) is 0 Å². The quantitative estimate of drug-likeness (QED) is 0.497. The Hall–Kier alpha value is -2.95. The number of hydrazone groups is 1. The molecule has 2 N–H and O–H groups in total. The van der Waals surface area contributed by atoms with E-state index in [9.17, 15) is 4.79 Å². The van der Waals surface area contributed by atoms with Gasteiger partial charge in [-0.15, -0.1) is 0 Å². The number of amides is 1. The lowest BCUT2D eigenvalue weighted by atomic mass is 9.99. The summed E-state index contributed by atoms with van der Waals surface area (Å²) in [6.07, 6.45) is 2.70. The van der Waals surface area contributed by atoms with Crippen LogP contribution in [0.2, 0.25) is 5.02 Å². The molecule has 1 atom stereocenters. The molecule has 4 nitrogen and oxygen atoms in total. The van der Waals surface area contributed by atoms with Crippen LogP contribution in [0.25, 0.3) is 0 Å². The Labute approximate surface area is 175 Å². The number of carbonyl (C=O) groups is 1. The molecule has 146 valence electrons. The number of nitrogens with zero attached hydrogens (tertiary/aromatic N) is 1. The molecule has 0 aromatic heterocycles. The maximum Gasteiger partial charge on any atom is 0.271 e. The predicted molar refractivity (Wildman–Crippen MR) is 116 cm³/mol. The molecule has 0 aliphatic carbocycles. The van der Waals surface area contributed by atoms with Gasteiger partial charge in [-0.25, -0.2) is 5.43 Å². The van der Waals surface area contributed by atoms with Gasteiger partial charge in [-0.2, -0.15) is 5.10 Å². The maximum absolute atomic E-state index is 12.3. The number of hydrogen-bond donors (Lipinski definition) is 2. The van der Waals surface area contributed by atoms with E-state index in [2.05, 4.69) is 34.8 Å². The molecular formula is C24H23ClN3O+. The van der Waals surface area contributed by atoms with E-state index >= 15 is 0 Å². The van der Waals surface area contributed by atoms with Gasteiger partial charge in [-0.05, 0) is 35.4 Å². The molecular weight excluding hydrogens is 382 g/mol. The fourth-order valence-corrected chi connectivity index (χ4v) is 3.87. The Bertz CT molecular complexity index is 1030. The molecule has 0 bridgehead atoms. The van der Waals surface area contributed by atoms with Crippen LogP contribution < -0.4 is 10.3 Å². The molecule has 0 saturated heterocycles. The summed E-state index contributed by atoms with van der Waals surface area (Å²) in [6, 6.07) is 23.8. The summed E-state index contributed by atoms with van der Waals surface area (Å²) < 4.78 is 0. The van der Waals surface area contributed by atoms with Crippen LogP contribution in [0.4, 0.5) is 0 Å². The third-order valence-electron chi connectivity index (χ3n) is 5.21. The average Bonchev–Trinajstić information content (AvgIpc) is 2.74. The number of halogens is 1. The molecule has 1 amide bonds. The molecule has 4 rings (SSSR count). The first-order valence-corrected chi connectivity index (χ1v) is 10.1. The van der Waals surface area contributed by atoms with Crippen molar-refractivity contribution in [1.82, 2.24) is 5.43 Å². The second-order valence-corrected chi connectivity index (χ2v) is 7.76. The summed E-state index contributed by atoms with van der Waals surface area (Å²) in [7, 11) is 0. The summed E-state index contributed by atoms with van der Waals surface area (Å²) >= 11 is 5.94. The molecule has 1 aliphatic heterocycles. The van der Waals surface area contributed by atoms with Crippen LogP contribution in [-0.4, -0.2) is 18.7 Å². The van der Waals surface area contributed by atoms with E-state index in [0.717, 1.165) is 31.6 Å². The second kappa shape index (κ2) is 9.03. The lowest BCUT2D eigenvalue weighted by molar-refractivity contribution is -0.929. The number of hydrogen-bond acceptors (Lipinski definition) is 2. The molecule has 0 radical (unpaired) electrons. The largest absolute Gasteiger partial charge is 0.327 e. The van der Waals surface area contributed by atoms with Crippen molar-refractivity contribution in [1.29, 1.82) is 0 Å². The van der Waals surface area contributed by atoms with E-state index in [1.54, 1.807) is 23.2 Å². The van der Waals surface area contributed by atoms with E-state index in [0.29, 0.717) is 10.6 Å². The first kappa shape index (κ1) is 19.4. The molecule has 1 aliphatic rings. The highest BCUT2D eigenvalue weighted by Gasteiger charge is 2.19. The van der Waals surface area contributed by atoms with Crippen LogP contribution in [0.1, 0.15) is 32.6 Å². The Morgan fingerprint density at radius 1 is 1.03 bits per heavy atom. The number of rotatable bonds is 5. The summed E-state index contributed by atoms with van der Waals surface area (Å²) in [6.45, 7) is 3.15. The predicted octanol–water partition coefficient (Wildman–Crippen LogP) is 3.25. The van der Waals surface area contributed by atoms with Gasteiger partial charge in [0.1, 0.15) is 13.1 Å². The third kappa shape index (κ3) is 5.11. The highest BCUT2D eigenvalue weighted by atomic mass is 35.5. The zero-order chi connectivity index (χ0) is 20.1. The van der Waals surface area contributed by atoms with Crippen LogP contribution >= 0.6 is 11.6 Å². The molecule has 3 aromatic carbocycles. The zero-order valence-electron chi connectivity index (χ0n) is 16.1. The maximum atomic E-state index is 12.3. The van der Waals surface area contributed by atoms with Crippen LogP contribution in [0.15, 0.2) is 77.9 Å². The van der Waals surface area contributed by atoms with Gasteiger partial charge >= 0.3 is 0 Å². The lowest BCUT2D eigenvalue weighted by Crippen LogP contribution is -3.10. The first-order chi connectivity index (χ1) is 14.2. The smallest absolute Gasteiger partial charge is 0.271 e. The number of nitrogens with one attached hydrogen (secondary N) is 2. The Balaban J connectivity index is 1.32. The fraction of sp³-hybridized carbons (Fsp3) is 0.167. The summed E-state index contributed by atoms with van der Waals surface area (Å²) in [5.74, 6) is -0.228. The van der Waals surface area contributed by atoms with E-state index in [1.807, 2.05) is 36.4 Å². The van der Waals surface area contributed by atoms with Crippen molar-refractivity contribution in [3.05, 3.63) is 106 Å². The SMILES string of the molecule is O=C(N/N=C\c1cccc(Cl)c1)c1ccc(C[NH+]2CCc3ccccc3C2)cc1. The van der Waals surface area contributed by atoms with Crippen LogP contribution in [0.3, 0.4) is 0 Å². The van der Waals surface area contributed by atoms with Crippen molar-refractivity contribution in [3.63, 3.8) is 0 Å². The van der Waals surface area contributed by atoms with Gasteiger partial charge in [0.05, 0.1) is 12.8 Å². The highest BCUT2D eigenvalue weighted by Crippen LogP contribution is 2.11. The van der Waals surface area contributed by atoms with Gasteiger partial charge < -0.3 is 4.90 Å². The van der Waals surface area contributed by atoms with Gasteiger partial charge in [0.15, 0.2) is 0 Å². The van der Waals surface area contributed by atoms with Crippen LogP contribution in [-0.2, 0) is 19.5 Å². The topological polar surface area (TPSA) is 45.9 Å². The minimum atomic E-state index is -0.228. The van der Waals surface area contributed by atoms with Crippen molar-refractivity contribution < 1.29 is 9.69 Å². The van der Waals surface area contributed by atoms with Crippen LogP contribution in [0.5, 0.6) is 0 Å². The summed E-state index contributed by atoms with van der Waals surface area (Å²) in [4.78, 5) is 13.8. The lowest BCUT2D eigenvalue weighted by Gasteiger charge is -2.26. The Morgan fingerprint density at radius 2 is 1.83 bits per heavy atom. The number of quaternary nitrogens is 1. The molecule has 3 aromatic rings. The molecule has 1 heterocycles. The number of fused-ring (bicyclic) bond motifs is 1. The fourth-order valence-electron chi connectivity index (χ4n) is 3.67. The number of carbonyl (C=O) groups excluding carboxylic acids is 1. The summed E-state index contributed by atoms with van der Waals surface area (Å²) in [5, 5.41) is 4.64. The van der Waals surface area contributed by atoms with Gasteiger partial charge in [-0.3, -0.25) is 4.79 Å². The molecule has 0 saturated carbocycles. The van der Waals surface area contributed by atoms with Gasteiger partial charge in [0.2, 0.25) is 0 Å². The van der Waals surface area contributed by atoms with E-state index < -0.39 is 0 Å². The standard InChI is InChI=1S/C24H22ClN3O/c25-23-7-3-4-19(14-23)15-26-27-24(29)21-10-8-18(9-11-21)16-28-13-12-20-5-1-2-6-22(20)17-28/h1-11,14-15H,12-13,16-17H2,(H,27,29)/p+1/b26-15-. The monoisotopic (exact) mass is 404 g/mol. The van der Waals surface area contributed by atoms with Crippen molar-refractivity contribution in [3.8, 4) is 0 Å². The van der Waals surface area contributed by atoms with Gasteiger partial charge in [-0.1, -0.05) is 60.1 Å². The molecule has 1 unspecified atom stereocenters. The third-order valence-corrected chi connectivity index (χ3v) is 5.44.